The summed E-state index contributed by atoms with van der Waals surface area (Å²) in [4.78, 5) is 57.7. The third-order valence-corrected chi connectivity index (χ3v) is 9.11. The third kappa shape index (κ3) is 32.3. The van der Waals surface area contributed by atoms with Gasteiger partial charge in [0.1, 0.15) is 12.1 Å². The van der Waals surface area contributed by atoms with Crippen molar-refractivity contribution in [3.63, 3.8) is 0 Å². The largest absolute Gasteiger partial charge is 0.370 e. The number of carbonyl (C=O) groups is 4. The predicted octanol–water partition coefficient (Wildman–Crippen LogP) is 4.27. The summed E-state index contributed by atoms with van der Waals surface area (Å²) in [5.41, 5.74) is 26.9. The number of aliphatic imine (C=N–C) groups is 2. The van der Waals surface area contributed by atoms with Crippen LogP contribution in [0.1, 0.15) is 174 Å². The number of primary amides is 1. The van der Waals surface area contributed by atoms with Crippen molar-refractivity contribution in [1.29, 1.82) is 0 Å². The van der Waals surface area contributed by atoms with Crippen molar-refractivity contribution < 1.29 is 19.2 Å². The average molecular weight is 737 g/mol. The first-order chi connectivity index (χ1) is 25.1. The van der Waals surface area contributed by atoms with E-state index in [1.807, 2.05) is 0 Å². The molecule has 0 aromatic rings. The van der Waals surface area contributed by atoms with Gasteiger partial charge in [0.05, 0.1) is 0 Å². The molecule has 0 aliphatic heterocycles. The Hall–Kier alpha value is -3.58. The Morgan fingerprint density at radius 1 is 0.481 bits per heavy atom. The standard InChI is InChI=1S/C38H76N10O4/c1-2-3-4-5-6-7-8-9-10-11-12-13-14-15-16-17-19-26-33(49)44-28-21-18-20-27-34(50)47-32(25-23-30-46-38(42)43)36(52)48-31(35(39)51)24-22-29-45-37(40)41/h31-32H,2-30H2,1H3,(H2,39,51)(H,44,49)(H,47,50)(H,48,52)(H4,40,41,45)(H4,42,43,46)/t31-,32-/m0/s1. The van der Waals surface area contributed by atoms with Gasteiger partial charge in [-0.1, -0.05) is 116 Å². The predicted molar refractivity (Wildman–Crippen MR) is 213 cm³/mol. The highest BCUT2D eigenvalue weighted by molar-refractivity contribution is 5.91. The number of rotatable bonds is 36. The molecule has 0 aliphatic carbocycles. The van der Waals surface area contributed by atoms with Crippen molar-refractivity contribution in [2.75, 3.05) is 19.6 Å². The molecule has 4 amide bonds. The zero-order chi connectivity index (χ0) is 38.7. The molecule has 0 aliphatic rings. The molecular formula is C38H76N10O4. The Bertz CT molecular complexity index is 1000. The van der Waals surface area contributed by atoms with Crippen LogP contribution in [0.15, 0.2) is 9.98 Å². The molecule has 52 heavy (non-hydrogen) atoms. The Balaban J connectivity index is 4.11. The van der Waals surface area contributed by atoms with Crippen LogP contribution < -0.4 is 44.6 Å². The first-order valence-electron chi connectivity index (χ1n) is 20.3. The Kier molecular flexibility index (Phi) is 32.1. The van der Waals surface area contributed by atoms with E-state index in [4.69, 9.17) is 28.7 Å². The van der Waals surface area contributed by atoms with Gasteiger partial charge in [0.2, 0.25) is 23.6 Å². The van der Waals surface area contributed by atoms with Gasteiger partial charge in [-0.05, 0) is 44.9 Å². The van der Waals surface area contributed by atoms with Crippen LogP contribution in [0.25, 0.3) is 0 Å². The third-order valence-electron chi connectivity index (χ3n) is 9.11. The number of nitrogens with one attached hydrogen (secondary N) is 3. The van der Waals surface area contributed by atoms with Crippen LogP contribution in [-0.4, -0.2) is 67.3 Å². The Morgan fingerprint density at radius 3 is 1.33 bits per heavy atom. The van der Waals surface area contributed by atoms with Crippen LogP contribution in [-0.2, 0) is 19.2 Å². The van der Waals surface area contributed by atoms with Crippen molar-refractivity contribution in [2.24, 2.45) is 38.7 Å². The topological polar surface area (TPSA) is 259 Å². The second kappa shape index (κ2) is 34.5. The maximum absolute atomic E-state index is 13.1. The van der Waals surface area contributed by atoms with Crippen LogP contribution >= 0.6 is 0 Å². The van der Waals surface area contributed by atoms with E-state index in [1.165, 1.54) is 96.3 Å². The Labute approximate surface area is 314 Å². The molecule has 0 spiro atoms. The summed E-state index contributed by atoms with van der Waals surface area (Å²) in [6.45, 7) is 3.41. The van der Waals surface area contributed by atoms with Crippen molar-refractivity contribution in [3.8, 4) is 0 Å². The van der Waals surface area contributed by atoms with E-state index in [-0.39, 0.29) is 56.1 Å². The fourth-order valence-electron chi connectivity index (χ4n) is 6.01. The van der Waals surface area contributed by atoms with E-state index in [0.717, 1.165) is 25.7 Å². The number of hydrogen-bond donors (Lipinski definition) is 8. The monoisotopic (exact) mass is 737 g/mol. The molecule has 2 atom stereocenters. The van der Waals surface area contributed by atoms with Crippen molar-refractivity contribution >= 4 is 35.5 Å². The SMILES string of the molecule is CCCCCCCCCCCCCCCCCCCC(=O)NCCCCCC(=O)N[C@@H](CCCN=C(N)N)C(=O)N[C@@H](CCCN=C(N)N)C(N)=O. The molecule has 14 nitrogen and oxygen atoms in total. The van der Waals surface area contributed by atoms with Crippen molar-refractivity contribution in [1.82, 2.24) is 16.0 Å². The fraction of sp³-hybridized carbons (Fsp3) is 0.842. The smallest absolute Gasteiger partial charge is 0.243 e. The highest BCUT2D eigenvalue weighted by atomic mass is 16.2. The number of nitrogens with zero attached hydrogens (tertiary/aromatic N) is 2. The van der Waals surface area contributed by atoms with Crippen molar-refractivity contribution in [3.05, 3.63) is 0 Å². The Morgan fingerprint density at radius 2 is 0.885 bits per heavy atom. The minimum absolute atomic E-state index is 0.0637. The molecule has 302 valence electrons. The van der Waals surface area contributed by atoms with Crippen LogP contribution in [0.5, 0.6) is 0 Å². The molecule has 14 heteroatoms. The minimum atomic E-state index is -0.942. The van der Waals surface area contributed by atoms with E-state index < -0.39 is 23.9 Å². The van der Waals surface area contributed by atoms with Gasteiger partial charge in [0.25, 0.3) is 0 Å². The molecule has 0 saturated carbocycles. The quantitative estimate of drug-likeness (QED) is 0.0261. The van der Waals surface area contributed by atoms with Gasteiger partial charge in [0.15, 0.2) is 11.9 Å². The summed E-state index contributed by atoms with van der Waals surface area (Å²) in [5.74, 6) is -1.55. The van der Waals surface area contributed by atoms with Crippen LogP contribution in [0.2, 0.25) is 0 Å². The summed E-state index contributed by atoms with van der Waals surface area (Å²) in [5, 5.41) is 8.38. The molecule has 0 radical (unpaired) electrons. The molecule has 0 rings (SSSR count). The summed E-state index contributed by atoms with van der Waals surface area (Å²) in [6, 6.07) is -1.84. The van der Waals surface area contributed by atoms with Gasteiger partial charge >= 0.3 is 0 Å². The van der Waals surface area contributed by atoms with E-state index in [9.17, 15) is 19.2 Å². The molecule has 13 N–H and O–H groups in total. The van der Waals surface area contributed by atoms with Crippen molar-refractivity contribution in [2.45, 2.75) is 186 Å². The normalized spacial score (nSPS) is 12.0. The van der Waals surface area contributed by atoms with E-state index in [2.05, 4.69) is 32.9 Å². The molecule has 0 bridgehead atoms. The number of amides is 4. The number of nitrogens with two attached hydrogens (primary N) is 5. The fourth-order valence-corrected chi connectivity index (χ4v) is 6.01. The van der Waals surface area contributed by atoms with Gasteiger partial charge < -0.3 is 44.6 Å². The second-order valence-electron chi connectivity index (χ2n) is 14.0. The first kappa shape index (κ1) is 48.4. The van der Waals surface area contributed by atoms with Crippen LogP contribution in [0, 0.1) is 0 Å². The molecule has 0 unspecified atom stereocenters. The number of hydrogen-bond acceptors (Lipinski definition) is 6. The number of carbonyl (C=O) groups excluding carboxylic acids is 4. The lowest BCUT2D eigenvalue weighted by Crippen LogP contribution is -2.53. The molecule has 0 fully saturated rings. The molecular weight excluding hydrogens is 660 g/mol. The second-order valence-corrected chi connectivity index (χ2v) is 14.0. The van der Waals surface area contributed by atoms with Gasteiger partial charge in [-0.25, -0.2) is 0 Å². The lowest BCUT2D eigenvalue weighted by Gasteiger charge is -2.22. The van der Waals surface area contributed by atoms with E-state index in [0.29, 0.717) is 32.2 Å². The maximum Gasteiger partial charge on any atom is 0.243 e. The molecule has 0 aromatic carbocycles. The van der Waals surface area contributed by atoms with E-state index >= 15 is 0 Å². The molecule has 0 aromatic heterocycles. The molecule has 0 saturated heterocycles. The lowest BCUT2D eigenvalue weighted by molar-refractivity contribution is -0.131. The summed E-state index contributed by atoms with van der Waals surface area (Å²) >= 11 is 0. The summed E-state index contributed by atoms with van der Waals surface area (Å²) in [6.07, 6.45) is 26.6. The van der Waals surface area contributed by atoms with Gasteiger partial charge in [0, 0.05) is 32.5 Å². The van der Waals surface area contributed by atoms with Gasteiger partial charge in [-0.3, -0.25) is 29.2 Å². The minimum Gasteiger partial charge on any atom is -0.370 e. The van der Waals surface area contributed by atoms with Gasteiger partial charge in [-0.2, -0.15) is 0 Å². The van der Waals surface area contributed by atoms with Crippen LogP contribution in [0.3, 0.4) is 0 Å². The number of guanidine groups is 2. The molecule has 0 heterocycles. The number of unbranched alkanes of at least 4 members (excludes halogenated alkanes) is 18. The average Bonchev–Trinajstić information content (AvgIpc) is 3.09. The van der Waals surface area contributed by atoms with Gasteiger partial charge in [-0.15, -0.1) is 0 Å². The van der Waals surface area contributed by atoms with E-state index in [1.54, 1.807) is 0 Å². The summed E-state index contributed by atoms with van der Waals surface area (Å²) < 4.78 is 0. The highest BCUT2D eigenvalue weighted by Crippen LogP contribution is 2.14. The zero-order valence-corrected chi connectivity index (χ0v) is 32.6. The van der Waals surface area contributed by atoms with Crippen LogP contribution in [0.4, 0.5) is 0 Å². The zero-order valence-electron chi connectivity index (χ0n) is 32.6. The maximum atomic E-state index is 13.1. The highest BCUT2D eigenvalue weighted by Gasteiger charge is 2.25. The lowest BCUT2D eigenvalue weighted by atomic mass is 10.0. The summed E-state index contributed by atoms with van der Waals surface area (Å²) in [7, 11) is 0. The first-order valence-corrected chi connectivity index (χ1v) is 20.3.